The Hall–Kier alpha value is -2.57. The fourth-order valence-corrected chi connectivity index (χ4v) is 3.93. The molecule has 0 radical (unpaired) electrons. The lowest BCUT2D eigenvalue weighted by Gasteiger charge is -2.06. The third-order valence-electron chi connectivity index (χ3n) is 4.68. The summed E-state index contributed by atoms with van der Waals surface area (Å²) in [6.45, 7) is 0.232. The summed E-state index contributed by atoms with van der Waals surface area (Å²) in [4.78, 5) is 13.9. The van der Waals surface area contributed by atoms with Crippen LogP contribution in [0.2, 0.25) is 20.1 Å². The number of hydrogen-bond acceptors (Lipinski definition) is 3. The van der Waals surface area contributed by atoms with E-state index in [1.165, 1.54) is 4.80 Å². The van der Waals surface area contributed by atoms with Crippen molar-refractivity contribution in [2.45, 2.75) is 13.1 Å². The van der Waals surface area contributed by atoms with Gasteiger partial charge in [0.25, 0.3) is 0 Å². The second kappa shape index (κ2) is 9.92. The molecule has 0 aliphatic carbocycles. The Morgan fingerprint density at radius 3 is 2.22 bits per heavy atom. The molecule has 0 saturated heterocycles. The topological polar surface area (TPSA) is 59.8 Å². The van der Waals surface area contributed by atoms with Crippen LogP contribution < -0.4 is 5.32 Å². The van der Waals surface area contributed by atoms with E-state index < -0.39 is 0 Å². The van der Waals surface area contributed by atoms with Crippen molar-refractivity contribution in [3.8, 4) is 22.5 Å². The number of amides is 1. The van der Waals surface area contributed by atoms with Crippen LogP contribution in [0.4, 0.5) is 0 Å². The molecular weight excluding hydrogens is 490 g/mol. The molecule has 0 aliphatic heterocycles. The van der Waals surface area contributed by atoms with Crippen LogP contribution in [0.5, 0.6) is 0 Å². The first kappa shape index (κ1) is 22.6. The minimum absolute atomic E-state index is 0.0732. The SMILES string of the molecule is O=C(Cn1nc(-c2ccc(Cl)cc2)c(-c2ccc(Cl)cc2Cl)n1)NCc1ccccc1Cl. The number of hydrogen-bond donors (Lipinski definition) is 1. The molecule has 4 aromatic rings. The number of nitrogens with zero attached hydrogens (tertiary/aromatic N) is 3. The summed E-state index contributed by atoms with van der Waals surface area (Å²) in [7, 11) is 0. The molecule has 9 heteroatoms. The van der Waals surface area contributed by atoms with E-state index >= 15 is 0 Å². The van der Waals surface area contributed by atoms with Crippen molar-refractivity contribution < 1.29 is 4.79 Å². The molecule has 0 unspecified atom stereocenters. The highest BCUT2D eigenvalue weighted by atomic mass is 35.5. The van der Waals surface area contributed by atoms with Gasteiger partial charge in [0.05, 0.1) is 5.02 Å². The summed E-state index contributed by atoms with van der Waals surface area (Å²) in [5, 5.41) is 14.1. The van der Waals surface area contributed by atoms with Crippen LogP contribution in [-0.2, 0) is 17.9 Å². The summed E-state index contributed by atoms with van der Waals surface area (Å²) >= 11 is 24.6. The predicted molar refractivity (Wildman–Crippen MR) is 129 cm³/mol. The summed E-state index contributed by atoms with van der Waals surface area (Å²) < 4.78 is 0. The van der Waals surface area contributed by atoms with Crippen molar-refractivity contribution >= 4 is 52.3 Å². The first-order valence-electron chi connectivity index (χ1n) is 9.57. The zero-order chi connectivity index (χ0) is 22.7. The standard InChI is InChI=1S/C23H16Cl4N4O/c24-16-7-5-14(6-8-16)22-23(18-10-9-17(25)11-20(18)27)30-31(29-22)13-21(32)28-12-15-3-1-2-4-19(15)26/h1-11H,12-13H2,(H,28,32). The lowest BCUT2D eigenvalue weighted by Crippen LogP contribution is -2.28. The number of carbonyl (C=O) groups is 1. The maximum Gasteiger partial charge on any atom is 0.243 e. The van der Waals surface area contributed by atoms with Gasteiger partial charge in [-0.15, -0.1) is 0 Å². The van der Waals surface area contributed by atoms with E-state index in [1.807, 2.05) is 30.3 Å². The molecule has 1 amide bonds. The molecule has 0 bridgehead atoms. The number of rotatable bonds is 6. The average Bonchev–Trinajstić information content (AvgIpc) is 3.17. The summed E-state index contributed by atoms with van der Waals surface area (Å²) in [6.07, 6.45) is 0. The molecule has 1 heterocycles. The highest BCUT2D eigenvalue weighted by Gasteiger charge is 2.19. The third-order valence-corrected chi connectivity index (χ3v) is 5.85. The molecule has 0 spiro atoms. The van der Waals surface area contributed by atoms with E-state index in [2.05, 4.69) is 15.5 Å². The van der Waals surface area contributed by atoms with Crippen LogP contribution in [0.25, 0.3) is 22.5 Å². The zero-order valence-corrected chi connectivity index (χ0v) is 19.6. The molecule has 0 saturated carbocycles. The van der Waals surface area contributed by atoms with Gasteiger partial charge in [0.15, 0.2) is 0 Å². The minimum Gasteiger partial charge on any atom is -0.350 e. The van der Waals surface area contributed by atoms with E-state index in [4.69, 9.17) is 46.4 Å². The molecule has 0 atom stereocenters. The molecule has 3 aromatic carbocycles. The lowest BCUT2D eigenvalue weighted by molar-refractivity contribution is -0.122. The largest absolute Gasteiger partial charge is 0.350 e. The van der Waals surface area contributed by atoms with Crippen molar-refractivity contribution in [1.82, 2.24) is 20.3 Å². The lowest BCUT2D eigenvalue weighted by atomic mass is 10.1. The highest BCUT2D eigenvalue weighted by Crippen LogP contribution is 2.35. The molecule has 5 nitrogen and oxygen atoms in total. The number of halogens is 4. The van der Waals surface area contributed by atoms with E-state index in [0.29, 0.717) is 43.6 Å². The average molecular weight is 506 g/mol. The zero-order valence-electron chi connectivity index (χ0n) is 16.5. The Morgan fingerprint density at radius 1 is 0.812 bits per heavy atom. The van der Waals surface area contributed by atoms with Gasteiger partial charge < -0.3 is 5.32 Å². The molecule has 4 rings (SSSR count). The molecule has 32 heavy (non-hydrogen) atoms. The third kappa shape index (κ3) is 5.25. The second-order valence-electron chi connectivity index (χ2n) is 6.93. The smallest absolute Gasteiger partial charge is 0.243 e. The maximum absolute atomic E-state index is 12.5. The van der Waals surface area contributed by atoms with Crippen LogP contribution >= 0.6 is 46.4 Å². The monoisotopic (exact) mass is 504 g/mol. The molecule has 0 fully saturated rings. The van der Waals surface area contributed by atoms with Gasteiger partial charge in [-0.2, -0.15) is 15.0 Å². The maximum atomic E-state index is 12.5. The van der Waals surface area contributed by atoms with Crippen molar-refractivity contribution in [3.05, 3.63) is 92.4 Å². The molecule has 1 N–H and O–H groups in total. The molecular formula is C23H16Cl4N4O. The van der Waals surface area contributed by atoms with Gasteiger partial charge in [-0.3, -0.25) is 4.79 Å². The van der Waals surface area contributed by atoms with E-state index in [-0.39, 0.29) is 12.5 Å². The fourth-order valence-electron chi connectivity index (χ4n) is 3.10. The molecule has 0 aliphatic rings. The van der Waals surface area contributed by atoms with Gasteiger partial charge in [0, 0.05) is 32.7 Å². The Balaban J connectivity index is 1.62. The Bertz CT molecular complexity index is 1270. The van der Waals surface area contributed by atoms with Crippen LogP contribution in [0.1, 0.15) is 5.56 Å². The van der Waals surface area contributed by atoms with E-state index in [1.54, 1.807) is 36.4 Å². The summed E-state index contributed by atoms with van der Waals surface area (Å²) in [6, 6.07) is 19.7. The van der Waals surface area contributed by atoms with E-state index in [9.17, 15) is 4.79 Å². The minimum atomic E-state index is -0.253. The fraction of sp³-hybridized carbons (Fsp3) is 0.0870. The van der Waals surface area contributed by atoms with Crippen molar-refractivity contribution in [2.75, 3.05) is 0 Å². The van der Waals surface area contributed by atoms with Crippen molar-refractivity contribution in [1.29, 1.82) is 0 Å². The van der Waals surface area contributed by atoms with Crippen LogP contribution in [0.15, 0.2) is 66.7 Å². The highest BCUT2D eigenvalue weighted by molar-refractivity contribution is 6.36. The predicted octanol–water partition coefficient (Wildman–Crippen LogP) is 6.54. The van der Waals surface area contributed by atoms with Crippen molar-refractivity contribution in [2.24, 2.45) is 0 Å². The first-order valence-corrected chi connectivity index (χ1v) is 11.1. The van der Waals surface area contributed by atoms with Crippen molar-refractivity contribution in [3.63, 3.8) is 0 Å². The summed E-state index contributed by atoms with van der Waals surface area (Å²) in [5.74, 6) is -0.253. The van der Waals surface area contributed by atoms with Crippen LogP contribution in [0, 0.1) is 0 Å². The second-order valence-corrected chi connectivity index (χ2v) is 8.61. The van der Waals surface area contributed by atoms with Gasteiger partial charge in [-0.1, -0.05) is 76.7 Å². The van der Waals surface area contributed by atoms with E-state index in [0.717, 1.165) is 11.1 Å². The Labute approximate surface area is 204 Å². The van der Waals surface area contributed by atoms with Gasteiger partial charge in [-0.05, 0) is 42.0 Å². The summed E-state index contributed by atoms with van der Waals surface area (Å²) in [5.41, 5.74) is 3.38. The Kier molecular flexibility index (Phi) is 7.01. The number of benzene rings is 3. The number of nitrogens with one attached hydrogen (secondary N) is 1. The van der Waals surface area contributed by atoms with Crippen LogP contribution in [0.3, 0.4) is 0 Å². The van der Waals surface area contributed by atoms with Crippen LogP contribution in [-0.4, -0.2) is 20.9 Å². The van der Waals surface area contributed by atoms with Gasteiger partial charge in [-0.25, -0.2) is 0 Å². The van der Waals surface area contributed by atoms with Gasteiger partial charge in [0.2, 0.25) is 5.91 Å². The Morgan fingerprint density at radius 2 is 1.50 bits per heavy atom. The van der Waals surface area contributed by atoms with Gasteiger partial charge >= 0.3 is 0 Å². The molecule has 1 aromatic heterocycles. The molecule has 162 valence electrons. The number of aromatic nitrogens is 3. The normalized spacial score (nSPS) is 10.9. The first-order chi connectivity index (χ1) is 15.4. The number of carbonyl (C=O) groups excluding carboxylic acids is 1. The van der Waals surface area contributed by atoms with Gasteiger partial charge in [0.1, 0.15) is 17.9 Å². The quantitative estimate of drug-likeness (QED) is 0.323.